The van der Waals surface area contributed by atoms with E-state index in [2.05, 4.69) is 59.0 Å². The molecule has 1 aromatic heterocycles. The van der Waals surface area contributed by atoms with Crippen LogP contribution in [0.25, 0.3) is 0 Å². The molecule has 2 aromatic rings. The molecule has 2 heterocycles. The van der Waals surface area contributed by atoms with Crippen molar-refractivity contribution in [1.82, 2.24) is 9.97 Å². The summed E-state index contributed by atoms with van der Waals surface area (Å²) in [6, 6.07) is 12.4. The third-order valence-electron chi connectivity index (χ3n) is 4.22. The van der Waals surface area contributed by atoms with Gasteiger partial charge >= 0.3 is 0 Å². The van der Waals surface area contributed by atoms with Crippen molar-refractivity contribution in [3.8, 4) is 0 Å². The van der Waals surface area contributed by atoms with Crippen LogP contribution in [0.2, 0.25) is 0 Å². The Morgan fingerprint density at radius 2 is 1.86 bits per heavy atom. The number of rotatable bonds is 2. The lowest BCUT2D eigenvalue weighted by Gasteiger charge is -2.25. The number of aromatic nitrogens is 2. The van der Waals surface area contributed by atoms with E-state index in [1.54, 1.807) is 6.07 Å². The van der Waals surface area contributed by atoms with Crippen LogP contribution in [0.15, 0.2) is 36.4 Å². The Bertz CT molecular complexity index is 618. The van der Waals surface area contributed by atoms with E-state index < -0.39 is 0 Å². The molecule has 1 aliphatic rings. The van der Waals surface area contributed by atoms with Gasteiger partial charge < -0.3 is 16.4 Å². The van der Waals surface area contributed by atoms with Crippen molar-refractivity contribution < 1.29 is 0 Å². The molecule has 1 aliphatic heterocycles. The first-order chi connectivity index (χ1) is 9.95. The molecule has 1 saturated heterocycles. The molecule has 21 heavy (non-hydrogen) atoms. The minimum absolute atomic E-state index is 0.163. The van der Waals surface area contributed by atoms with Crippen molar-refractivity contribution >= 4 is 17.6 Å². The SMILES string of the molecule is CC1(C)CN(c2cc(N)nc(N)n2)C[C@H]1c1ccccc1. The molecule has 0 bridgehead atoms. The summed E-state index contributed by atoms with van der Waals surface area (Å²) in [5.74, 6) is 1.91. The van der Waals surface area contributed by atoms with Gasteiger partial charge in [-0.1, -0.05) is 44.2 Å². The predicted molar refractivity (Wildman–Crippen MR) is 86.0 cm³/mol. The van der Waals surface area contributed by atoms with Gasteiger partial charge in [0.15, 0.2) is 0 Å². The molecule has 3 rings (SSSR count). The van der Waals surface area contributed by atoms with Crippen LogP contribution in [0.4, 0.5) is 17.6 Å². The summed E-state index contributed by atoms with van der Waals surface area (Å²) in [6.45, 7) is 6.41. The molecule has 0 unspecified atom stereocenters. The molecular formula is C16H21N5. The number of nitrogens with two attached hydrogens (primary N) is 2. The molecule has 0 saturated carbocycles. The molecule has 0 spiro atoms. The van der Waals surface area contributed by atoms with Gasteiger partial charge in [-0.25, -0.2) is 0 Å². The molecule has 4 N–H and O–H groups in total. The van der Waals surface area contributed by atoms with Gasteiger partial charge in [-0.3, -0.25) is 0 Å². The van der Waals surface area contributed by atoms with Crippen molar-refractivity contribution in [1.29, 1.82) is 0 Å². The highest BCUT2D eigenvalue weighted by Crippen LogP contribution is 2.43. The zero-order valence-corrected chi connectivity index (χ0v) is 12.5. The average molecular weight is 283 g/mol. The summed E-state index contributed by atoms with van der Waals surface area (Å²) < 4.78 is 0. The highest BCUT2D eigenvalue weighted by molar-refractivity contribution is 5.52. The number of anilines is 3. The van der Waals surface area contributed by atoms with Gasteiger partial charge in [0.05, 0.1) is 0 Å². The zero-order chi connectivity index (χ0) is 15.0. The monoisotopic (exact) mass is 283 g/mol. The maximum absolute atomic E-state index is 5.78. The molecule has 0 aliphatic carbocycles. The minimum Gasteiger partial charge on any atom is -0.383 e. The fraction of sp³-hybridized carbons (Fsp3) is 0.375. The fourth-order valence-electron chi connectivity index (χ4n) is 3.18. The zero-order valence-electron chi connectivity index (χ0n) is 12.5. The second-order valence-electron chi connectivity index (χ2n) is 6.34. The number of hydrogen-bond acceptors (Lipinski definition) is 5. The Labute approximate surface area is 125 Å². The number of hydrogen-bond donors (Lipinski definition) is 2. The van der Waals surface area contributed by atoms with Crippen molar-refractivity contribution in [2.75, 3.05) is 29.5 Å². The predicted octanol–water partition coefficient (Wildman–Crippen LogP) is 2.27. The van der Waals surface area contributed by atoms with Gasteiger partial charge in [0.25, 0.3) is 0 Å². The van der Waals surface area contributed by atoms with E-state index in [1.807, 2.05) is 0 Å². The Morgan fingerprint density at radius 1 is 1.14 bits per heavy atom. The van der Waals surface area contributed by atoms with Crippen molar-refractivity contribution in [3.63, 3.8) is 0 Å². The van der Waals surface area contributed by atoms with Gasteiger partial charge in [0, 0.05) is 25.1 Å². The van der Waals surface area contributed by atoms with Crippen molar-refractivity contribution in [3.05, 3.63) is 42.0 Å². The molecule has 110 valence electrons. The standard InChI is InChI=1S/C16H21N5/c1-16(2)10-21(14-8-13(17)19-15(18)20-14)9-12(16)11-6-4-3-5-7-11/h3-8,12H,9-10H2,1-2H3,(H4,17,18,19,20)/t12-/m0/s1. The molecule has 1 atom stereocenters. The van der Waals surface area contributed by atoms with Crippen LogP contribution >= 0.6 is 0 Å². The molecule has 1 fully saturated rings. The molecule has 1 aromatic carbocycles. The third-order valence-corrected chi connectivity index (χ3v) is 4.22. The first-order valence-corrected chi connectivity index (χ1v) is 7.16. The molecule has 5 heteroatoms. The second-order valence-corrected chi connectivity index (χ2v) is 6.34. The van der Waals surface area contributed by atoms with E-state index in [4.69, 9.17) is 11.5 Å². The van der Waals surface area contributed by atoms with E-state index in [-0.39, 0.29) is 11.4 Å². The maximum atomic E-state index is 5.78. The van der Waals surface area contributed by atoms with Crippen LogP contribution in [0, 0.1) is 5.41 Å². The molecular weight excluding hydrogens is 262 g/mol. The minimum atomic E-state index is 0.163. The lowest BCUT2D eigenvalue weighted by atomic mass is 9.78. The van der Waals surface area contributed by atoms with Crippen molar-refractivity contribution in [2.24, 2.45) is 5.41 Å². The number of benzene rings is 1. The van der Waals surface area contributed by atoms with Crippen LogP contribution in [-0.2, 0) is 0 Å². The van der Waals surface area contributed by atoms with Crippen LogP contribution in [-0.4, -0.2) is 23.1 Å². The van der Waals surface area contributed by atoms with E-state index >= 15 is 0 Å². The summed E-state index contributed by atoms with van der Waals surface area (Å²) in [6.07, 6.45) is 0. The largest absolute Gasteiger partial charge is 0.383 e. The van der Waals surface area contributed by atoms with Gasteiger partial charge in [-0.2, -0.15) is 9.97 Å². The average Bonchev–Trinajstić information content (AvgIpc) is 2.74. The Kier molecular flexibility index (Phi) is 3.20. The Hall–Kier alpha value is -2.30. The maximum Gasteiger partial charge on any atom is 0.223 e. The van der Waals surface area contributed by atoms with Crippen LogP contribution < -0.4 is 16.4 Å². The number of nitrogens with zero attached hydrogens (tertiary/aromatic N) is 3. The van der Waals surface area contributed by atoms with E-state index in [0.29, 0.717) is 11.7 Å². The lowest BCUT2D eigenvalue weighted by Crippen LogP contribution is -2.24. The second kappa shape index (κ2) is 4.91. The summed E-state index contributed by atoms with van der Waals surface area (Å²) in [5.41, 5.74) is 13.0. The van der Waals surface area contributed by atoms with Gasteiger partial charge in [-0.15, -0.1) is 0 Å². The van der Waals surface area contributed by atoms with E-state index in [1.165, 1.54) is 5.56 Å². The topological polar surface area (TPSA) is 81.1 Å². The molecule has 5 nitrogen and oxygen atoms in total. The van der Waals surface area contributed by atoms with Crippen LogP contribution in [0.3, 0.4) is 0 Å². The fourth-order valence-corrected chi connectivity index (χ4v) is 3.18. The highest BCUT2D eigenvalue weighted by Gasteiger charge is 2.40. The summed E-state index contributed by atoms with van der Waals surface area (Å²) in [5, 5.41) is 0. The van der Waals surface area contributed by atoms with Gasteiger partial charge in [0.1, 0.15) is 11.6 Å². The quantitative estimate of drug-likeness (QED) is 0.883. The summed E-state index contributed by atoms with van der Waals surface area (Å²) in [7, 11) is 0. The highest BCUT2D eigenvalue weighted by atomic mass is 15.2. The Balaban J connectivity index is 1.91. The summed E-state index contributed by atoms with van der Waals surface area (Å²) >= 11 is 0. The Morgan fingerprint density at radius 3 is 2.52 bits per heavy atom. The van der Waals surface area contributed by atoms with Gasteiger partial charge in [0.2, 0.25) is 5.95 Å². The molecule has 0 amide bonds. The van der Waals surface area contributed by atoms with E-state index in [9.17, 15) is 0 Å². The van der Waals surface area contributed by atoms with Crippen molar-refractivity contribution in [2.45, 2.75) is 19.8 Å². The van der Waals surface area contributed by atoms with Gasteiger partial charge in [-0.05, 0) is 11.0 Å². The first kappa shape index (κ1) is 13.7. The number of nitrogen functional groups attached to an aromatic ring is 2. The first-order valence-electron chi connectivity index (χ1n) is 7.16. The van der Waals surface area contributed by atoms with Crippen LogP contribution in [0.1, 0.15) is 25.3 Å². The molecule has 0 radical (unpaired) electrons. The van der Waals surface area contributed by atoms with E-state index in [0.717, 1.165) is 18.9 Å². The third kappa shape index (κ3) is 2.63. The lowest BCUT2D eigenvalue weighted by molar-refractivity contribution is 0.365. The normalized spacial score (nSPS) is 20.7. The van der Waals surface area contributed by atoms with Crippen LogP contribution in [0.5, 0.6) is 0 Å². The summed E-state index contributed by atoms with van der Waals surface area (Å²) in [4.78, 5) is 10.5. The smallest absolute Gasteiger partial charge is 0.223 e.